The lowest BCUT2D eigenvalue weighted by molar-refractivity contribution is 0.102. The van der Waals surface area contributed by atoms with Gasteiger partial charge in [0.05, 0.1) is 18.4 Å². The number of nitrogens with one attached hydrogen (secondary N) is 1. The number of rotatable bonds is 6. The minimum absolute atomic E-state index is 0.142. The molecule has 0 spiro atoms. The Balaban J connectivity index is 1.36. The highest BCUT2D eigenvalue weighted by molar-refractivity contribution is 7.13. The summed E-state index contributed by atoms with van der Waals surface area (Å²) in [6, 6.07) is 7.55. The second kappa shape index (κ2) is 9.07. The van der Waals surface area contributed by atoms with E-state index in [4.69, 9.17) is 0 Å². The molecule has 8 heteroatoms. The van der Waals surface area contributed by atoms with Gasteiger partial charge in [-0.05, 0) is 43.6 Å². The molecule has 28 heavy (non-hydrogen) atoms. The predicted molar refractivity (Wildman–Crippen MR) is 109 cm³/mol. The maximum atomic E-state index is 12.6. The van der Waals surface area contributed by atoms with Crippen molar-refractivity contribution in [2.75, 3.05) is 18.4 Å². The van der Waals surface area contributed by atoms with E-state index in [0.717, 1.165) is 30.9 Å². The molecule has 4 rings (SSSR count). The van der Waals surface area contributed by atoms with Gasteiger partial charge in [0.25, 0.3) is 5.91 Å². The molecule has 1 aliphatic rings. The molecule has 146 valence electrons. The molecule has 1 aromatic carbocycles. The summed E-state index contributed by atoms with van der Waals surface area (Å²) >= 11 is 1.48. The third-order valence-corrected chi connectivity index (χ3v) is 5.67. The van der Waals surface area contributed by atoms with E-state index < -0.39 is 0 Å². The van der Waals surface area contributed by atoms with Crippen LogP contribution in [0.2, 0.25) is 0 Å². The van der Waals surface area contributed by atoms with Crippen molar-refractivity contribution < 1.29 is 4.79 Å². The average Bonchev–Trinajstić information content (AvgIpc) is 3.29. The van der Waals surface area contributed by atoms with E-state index >= 15 is 0 Å². The van der Waals surface area contributed by atoms with E-state index in [1.54, 1.807) is 17.1 Å². The summed E-state index contributed by atoms with van der Waals surface area (Å²) < 4.78 is 1.73. The summed E-state index contributed by atoms with van der Waals surface area (Å²) in [5.41, 5.74) is 2.64. The van der Waals surface area contributed by atoms with Gasteiger partial charge >= 0.3 is 0 Å². The third-order valence-electron chi connectivity index (χ3n) is 4.86. The minimum atomic E-state index is -0.142. The minimum Gasteiger partial charge on any atom is -0.298 e. The van der Waals surface area contributed by atoms with E-state index in [1.165, 1.54) is 37.0 Å². The van der Waals surface area contributed by atoms with Crippen molar-refractivity contribution in [3.63, 3.8) is 0 Å². The zero-order valence-electron chi connectivity index (χ0n) is 15.8. The fourth-order valence-corrected chi connectivity index (χ4v) is 4.14. The number of hydrogen-bond donors (Lipinski definition) is 1. The van der Waals surface area contributed by atoms with E-state index in [9.17, 15) is 4.79 Å². The number of hydrogen-bond acceptors (Lipinski definition) is 6. The molecular weight excluding hydrogens is 372 g/mol. The van der Waals surface area contributed by atoms with E-state index in [1.807, 2.05) is 29.6 Å². The van der Waals surface area contributed by atoms with Gasteiger partial charge in [0.2, 0.25) is 0 Å². The Morgan fingerprint density at radius 2 is 2.00 bits per heavy atom. The molecule has 7 nitrogen and oxygen atoms in total. The first-order valence-electron chi connectivity index (χ1n) is 9.67. The van der Waals surface area contributed by atoms with Crippen LogP contribution in [-0.4, -0.2) is 43.9 Å². The molecule has 0 bridgehead atoms. The van der Waals surface area contributed by atoms with Crippen molar-refractivity contribution >= 4 is 22.4 Å². The van der Waals surface area contributed by atoms with Crippen LogP contribution in [-0.2, 0) is 13.1 Å². The quantitative estimate of drug-likeness (QED) is 0.691. The standard InChI is InChI=1S/C20H24N6OS/c27-19(17-7-5-6-16(12-17)13-26-11-8-21-24-26)23-20-22-18(15-28-20)14-25-9-3-1-2-4-10-25/h5-8,11-12,15H,1-4,9-10,13-14H2,(H,22,23,27). The molecule has 1 amide bonds. The molecular formula is C20H24N6OS. The summed E-state index contributed by atoms with van der Waals surface area (Å²) in [7, 11) is 0. The van der Waals surface area contributed by atoms with Crippen molar-refractivity contribution in [3.05, 3.63) is 58.9 Å². The van der Waals surface area contributed by atoms with E-state index in [0.29, 0.717) is 17.2 Å². The smallest absolute Gasteiger partial charge is 0.257 e. The maximum Gasteiger partial charge on any atom is 0.257 e. The number of nitrogens with zero attached hydrogens (tertiary/aromatic N) is 5. The molecule has 0 aliphatic carbocycles. The van der Waals surface area contributed by atoms with Crippen LogP contribution in [0, 0.1) is 0 Å². The summed E-state index contributed by atoms with van der Waals surface area (Å²) in [6.07, 6.45) is 8.61. The number of thiazole rings is 1. The average molecular weight is 397 g/mol. The van der Waals surface area contributed by atoms with Gasteiger partial charge in [0, 0.05) is 23.7 Å². The second-order valence-electron chi connectivity index (χ2n) is 7.09. The van der Waals surface area contributed by atoms with Crippen molar-refractivity contribution in [1.82, 2.24) is 24.9 Å². The Bertz CT molecular complexity index is 899. The molecule has 3 aromatic rings. The normalized spacial score (nSPS) is 15.3. The zero-order valence-corrected chi connectivity index (χ0v) is 16.6. The Labute approximate surface area is 168 Å². The van der Waals surface area contributed by atoms with Crippen molar-refractivity contribution in [3.8, 4) is 0 Å². The first-order valence-corrected chi connectivity index (χ1v) is 10.6. The number of carbonyl (C=O) groups is 1. The highest BCUT2D eigenvalue weighted by Crippen LogP contribution is 2.20. The maximum absolute atomic E-state index is 12.6. The van der Waals surface area contributed by atoms with Crippen LogP contribution in [0.15, 0.2) is 42.0 Å². The van der Waals surface area contributed by atoms with E-state index in [2.05, 4.69) is 25.5 Å². The molecule has 0 atom stereocenters. The summed E-state index contributed by atoms with van der Waals surface area (Å²) in [4.78, 5) is 19.7. The van der Waals surface area contributed by atoms with Crippen LogP contribution >= 0.6 is 11.3 Å². The molecule has 0 saturated carbocycles. The van der Waals surface area contributed by atoms with Gasteiger partial charge in [-0.25, -0.2) is 9.67 Å². The lowest BCUT2D eigenvalue weighted by atomic mass is 10.1. The van der Waals surface area contributed by atoms with Crippen LogP contribution in [0.4, 0.5) is 5.13 Å². The van der Waals surface area contributed by atoms with Gasteiger partial charge in [-0.15, -0.1) is 16.4 Å². The van der Waals surface area contributed by atoms with Crippen LogP contribution in [0.5, 0.6) is 0 Å². The van der Waals surface area contributed by atoms with Gasteiger partial charge < -0.3 is 0 Å². The number of carbonyl (C=O) groups excluding carboxylic acids is 1. The lowest BCUT2D eigenvalue weighted by Gasteiger charge is -2.17. The Morgan fingerprint density at radius 1 is 1.14 bits per heavy atom. The number of benzene rings is 1. The number of anilines is 1. The van der Waals surface area contributed by atoms with Gasteiger partial charge in [0.1, 0.15) is 0 Å². The molecule has 0 radical (unpaired) electrons. The van der Waals surface area contributed by atoms with Crippen LogP contribution < -0.4 is 5.32 Å². The zero-order chi connectivity index (χ0) is 19.2. The number of likely N-dealkylation sites (tertiary alicyclic amines) is 1. The Hall–Kier alpha value is -2.58. The van der Waals surface area contributed by atoms with Crippen molar-refractivity contribution in [1.29, 1.82) is 0 Å². The van der Waals surface area contributed by atoms with Gasteiger partial charge in [-0.2, -0.15) is 0 Å². The second-order valence-corrected chi connectivity index (χ2v) is 7.95. The van der Waals surface area contributed by atoms with Gasteiger partial charge in [-0.1, -0.05) is 30.2 Å². The molecule has 1 fully saturated rings. The summed E-state index contributed by atoms with van der Waals surface area (Å²) in [5, 5.41) is 13.4. The van der Waals surface area contributed by atoms with Crippen LogP contribution in [0.3, 0.4) is 0 Å². The van der Waals surface area contributed by atoms with Crippen LogP contribution in [0.1, 0.15) is 47.3 Å². The first kappa shape index (κ1) is 18.8. The number of aromatic nitrogens is 4. The predicted octanol–water partition coefficient (Wildman–Crippen LogP) is 3.41. The fraction of sp³-hybridized carbons (Fsp3) is 0.400. The molecule has 1 aliphatic heterocycles. The first-order chi connectivity index (χ1) is 13.8. The largest absolute Gasteiger partial charge is 0.298 e. The Kier molecular flexibility index (Phi) is 6.08. The highest BCUT2D eigenvalue weighted by Gasteiger charge is 2.13. The molecule has 3 heterocycles. The van der Waals surface area contributed by atoms with Gasteiger partial charge in [0.15, 0.2) is 5.13 Å². The topological polar surface area (TPSA) is 75.9 Å². The lowest BCUT2D eigenvalue weighted by Crippen LogP contribution is -2.24. The molecule has 2 aromatic heterocycles. The highest BCUT2D eigenvalue weighted by atomic mass is 32.1. The van der Waals surface area contributed by atoms with E-state index in [-0.39, 0.29) is 5.91 Å². The van der Waals surface area contributed by atoms with Crippen molar-refractivity contribution in [2.24, 2.45) is 0 Å². The van der Waals surface area contributed by atoms with Crippen molar-refractivity contribution in [2.45, 2.75) is 38.8 Å². The molecule has 0 unspecified atom stereocenters. The number of amides is 1. The molecule has 1 saturated heterocycles. The Morgan fingerprint density at radius 3 is 2.79 bits per heavy atom. The SMILES string of the molecule is O=C(Nc1nc(CN2CCCCCC2)cs1)c1cccc(Cn2ccnn2)c1. The van der Waals surface area contributed by atoms with Gasteiger partial charge in [-0.3, -0.25) is 15.0 Å². The monoisotopic (exact) mass is 396 g/mol. The summed E-state index contributed by atoms with van der Waals surface area (Å²) in [6.45, 7) is 3.72. The fourth-order valence-electron chi connectivity index (χ4n) is 3.44. The molecule has 1 N–H and O–H groups in total. The third kappa shape index (κ3) is 5.02. The van der Waals surface area contributed by atoms with Crippen LogP contribution in [0.25, 0.3) is 0 Å². The summed E-state index contributed by atoms with van der Waals surface area (Å²) in [5.74, 6) is -0.142.